The zero-order valence-corrected chi connectivity index (χ0v) is 18.7. The Hall–Kier alpha value is -3.09. The number of anilines is 1. The lowest BCUT2D eigenvalue weighted by atomic mass is 9.97. The van der Waals surface area contributed by atoms with Gasteiger partial charge in [-0.25, -0.2) is 0 Å². The molecule has 1 aliphatic rings. The Morgan fingerprint density at radius 2 is 1.78 bits per heavy atom. The van der Waals surface area contributed by atoms with Crippen molar-refractivity contribution >= 4 is 39.9 Å². The number of ether oxygens (including phenoxy) is 1. The number of halogens is 1. The number of hydrogen-bond donors (Lipinski definition) is 2. The van der Waals surface area contributed by atoms with Gasteiger partial charge in [-0.3, -0.25) is 14.5 Å². The van der Waals surface area contributed by atoms with Crippen LogP contribution in [0.4, 0.5) is 5.69 Å². The van der Waals surface area contributed by atoms with E-state index >= 15 is 0 Å². The third-order valence-corrected chi connectivity index (χ3v) is 6.07. The second-order valence-corrected chi connectivity index (χ2v) is 8.27. The highest BCUT2D eigenvalue weighted by Gasteiger charge is 2.26. The minimum absolute atomic E-state index is 0.0129. The van der Waals surface area contributed by atoms with E-state index in [9.17, 15) is 9.59 Å². The Morgan fingerprint density at radius 1 is 1.03 bits per heavy atom. The first-order valence-electron chi connectivity index (χ1n) is 10.7. The van der Waals surface area contributed by atoms with Crippen molar-refractivity contribution in [2.24, 2.45) is 0 Å². The highest BCUT2D eigenvalue weighted by atomic mass is 35.5. The van der Waals surface area contributed by atoms with E-state index < -0.39 is 11.8 Å². The van der Waals surface area contributed by atoms with Crippen molar-refractivity contribution in [1.82, 2.24) is 10.2 Å². The Kier molecular flexibility index (Phi) is 6.93. The fourth-order valence-corrected chi connectivity index (χ4v) is 4.43. The van der Waals surface area contributed by atoms with Gasteiger partial charge < -0.3 is 15.4 Å². The van der Waals surface area contributed by atoms with Gasteiger partial charge in [0.05, 0.1) is 18.8 Å². The fourth-order valence-electron chi connectivity index (χ4n) is 4.26. The molecule has 3 aromatic rings. The molecule has 2 amide bonds. The van der Waals surface area contributed by atoms with Crippen LogP contribution in [0.2, 0.25) is 5.02 Å². The van der Waals surface area contributed by atoms with Gasteiger partial charge in [0.25, 0.3) is 0 Å². The Balaban J connectivity index is 1.50. The van der Waals surface area contributed by atoms with Crippen LogP contribution in [0.1, 0.15) is 24.4 Å². The number of rotatable bonds is 6. The molecule has 6 nitrogen and oxygen atoms in total. The molecule has 2 N–H and O–H groups in total. The molecule has 3 aromatic carbocycles. The molecule has 0 radical (unpaired) electrons. The van der Waals surface area contributed by atoms with Crippen molar-refractivity contribution in [3.05, 3.63) is 71.2 Å². The molecule has 0 spiro atoms. The van der Waals surface area contributed by atoms with E-state index in [2.05, 4.69) is 39.8 Å². The van der Waals surface area contributed by atoms with Crippen molar-refractivity contribution in [2.75, 3.05) is 32.1 Å². The Morgan fingerprint density at radius 3 is 2.56 bits per heavy atom. The molecular weight excluding hydrogens is 426 g/mol. The molecule has 7 heteroatoms. The fraction of sp³-hybridized carbons (Fsp3) is 0.280. The number of nitrogens with one attached hydrogen (secondary N) is 2. The number of likely N-dealkylation sites (tertiary alicyclic amines) is 1. The van der Waals surface area contributed by atoms with Crippen LogP contribution in [-0.2, 0) is 9.59 Å². The Bertz CT molecular complexity index is 1120. The van der Waals surface area contributed by atoms with E-state index in [1.165, 1.54) is 7.11 Å². The quantitative estimate of drug-likeness (QED) is 0.545. The van der Waals surface area contributed by atoms with Crippen molar-refractivity contribution in [2.45, 2.75) is 18.9 Å². The third-order valence-electron chi connectivity index (χ3n) is 5.84. The van der Waals surface area contributed by atoms with Gasteiger partial charge in [0, 0.05) is 11.6 Å². The first-order chi connectivity index (χ1) is 15.6. The van der Waals surface area contributed by atoms with Crippen LogP contribution in [-0.4, -0.2) is 43.5 Å². The number of carbonyl (C=O) groups is 2. The molecular formula is C25H26ClN3O3. The second-order valence-electron chi connectivity index (χ2n) is 7.84. The predicted molar refractivity (Wildman–Crippen MR) is 127 cm³/mol. The minimum Gasteiger partial charge on any atom is -0.495 e. The minimum atomic E-state index is -0.761. The first kappa shape index (κ1) is 22.1. The van der Waals surface area contributed by atoms with Crippen LogP contribution in [0.5, 0.6) is 5.75 Å². The summed E-state index contributed by atoms with van der Waals surface area (Å²) >= 11 is 6.01. The number of fused-ring (bicyclic) bond motifs is 1. The van der Waals surface area contributed by atoms with Crippen molar-refractivity contribution in [3.63, 3.8) is 0 Å². The first-order valence-corrected chi connectivity index (χ1v) is 11.1. The lowest BCUT2D eigenvalue weighted by molar-refractivity contribution is -0.136. The summed E-state index contributed by atoms with van der Waals surface area (Å²) < 4.78 is 5.23. The maximum absolute atomic E-state index is 12.6. The number of amides is 2. The highest BCUT2D eigenvalue weighted by Crippen LogP contribution is 2.31. The summed E-state index contributed by atoms with van der Waals surface area (Å²) in [5, 5.41) is 8.18. The molecule has 32 heavy (non-hydrogen) atoms. The highest BCUT2D eigenvalue weighted by molar-refractivity contribution is 6.40. The maximum atomic E-state index is 12.6. The van der Waals surface area contributed by atoms with Gasteiger partial charge in [-0.1, -0.05) is 54.1 Å². The van der Waals surface area contributed by atoms with Crippen LogP contribution in [0.25, 0.3) is 10.8 Å². The molecule has 0 saturated carbocycles. The smallest absolute Gasteiger partial charge is 0.313 e. The van der Waals surface area contributed by atoms with Crippen LogP contribution in [0, 0.1) is 0 Å². The normalized spacial score (nSPS) is 14.8. The van der Waals surface area contributed by atoms with E-state index in [-0.39, 0.29) is 6.04 Å². The van der Waals surface area contributed by atoms with Crippen molar-refractivity contribution in [3.8, 4) is 5.75 Å². The summed E-state index contributed by atoms with van der Waals surface area (Å²) in [6, 6.07) is 19.3. The van der Waals surface area contributed by atoms with Crippen molar-refractivity contribution in [1.29, 1.82) is 0 Å². The summed E-state index contributed by atoms with van der Waals surface area (Å²) in [4.78, 5) is 27.5. The Labute approximate surface area is 192 Å². The second kappa shape index (κ2) is 10.0. The van der Waals surface area contributed by atoms with Gasteiger partial charge in [0.15, 0.2) is 0 Å². The average molecular weight is 452 g/mol. The van der Waals surface area contributed by atoms with Crippen molar-refractivity contribution < 1.29 is 14.3 Å². The lowest BCUT2D eigenvalue weighted by Gasteiger charge is -2.29. The molecule has 0 aromatic heterocycles. The molecule has 1 aliphatic heterocycles. The van der Waals surface area contributed by atoms with Gasteiger partial charge in [-0.05, 0) is 60.5 Å². The monoisotopic (exact) mass is 451 g/mol. The third kappa shape index (κ3) is 4.87. The lowest BCUT2D eigenvalue weighted by Crippen LogP contribution is -2.41. The van der Waals surface area contributed by atoms with Crippen LogP contribution in [0.15, 0.2) is 60.7 Å². The van der Waals surface area contributed by atoms with Gasteiger partial charge in [-0.2, -0.15) is 0 Å². The van der Waals surface area contributed by atoms with E-state index in [4.69, 9.17) is 16.3 Å². The summed E-state index contributed by atoms with van der Waals surface area (Å²) in [6.45, 7) is 2.28. The molecule has 1 fully saturated rings. The average Bonchev–Trinajstić information content (AvgIpc) is 3.34. The molecule has 1 heterocycles. The van der Waals surface area contributed by atoms with Gasteiger partial charge in [0.1, 0.15) is 5.75 Å². The maximum Gasteiger partial charge on any atom is 0.313 e. The molecule has 4 rings (SSSR count). The predicted octanol–water partition coefficient (Wildman–Crippen LogP) is 4.39. The standard InChI is InChI=1S/C25H26ClN3O3/c1-32-23-12-11-18(26)15-21(23)28-25(31)24(30)27-16-22(29-13-4-5-14-29)20-10-6-8-17-7-2-3-9-19(17)20/h2-3,6-12,15,22H,4-5,13-14,16H2,1H3,(H,27,30)(H,28,31)/t22-/m1/s1. The molecule has 1 atom stereocenters. The number of benzene rings is 3. The molecule has 0 aliphatic carbocycles. The van der Waals surface area contributed by atoms with E-state index in [0.717, 1.165) is 42.3 Å². The van der Waals surface area contributed by atoms with Gasteiger partial charge >= 0.3 is 11.8 Å². The van der Waals surface area contributed by atoms with Crippen LogP contribution in [0.3, 0.4) is 0 Å². The van der Waals surface area contributed by atoms with Crippen LogP contribution < -0.4 is 15.4 Å². The zero-order chi connectivity index (χ0) is 22.5. The van der Waals surface area contributed by atoms with E-state index in [0.29, 0.717) is 23.0 Å². The number of nitrogens with zero attached hydrogens (tertiary/aromatic N) is 1. The topological polar surface area (TPSA) is 70.7 Å². The molecule has 0 bridgehead atoms. The number of hydrogen-bond acceptors (Lipinski definition) is 4. The molecule has 1 saturated heterocycles. The summed E-state index contributed by atoms with van der Waals surface area (Å²) in [5.41, 5.74) is 1.51. The van der Waals surface area contributed by atoms with E-state index in [1.54, 1.807) is 18.2 Å². The summed E-state index contributed by atoms with van der Waals surface area (Å²) in [6.07, 6.45) is 2.26. The molecule has 0 unspecified atom stereocenters. The van der Waals surface area contributed by atoms with Crippen LogP contribution >= 0.6 is 11.6 Å². The largest absolute Gasteiger partial charge is 0.495 e. The van der Waals surface area contributed by atoms with Gasteiger partial charge in [0.2, 0.25) is 0 Å². The SMILES string of the molecule is COc1ccc(Cl)cc1NC(=O)C(=O)NC[C@H](c1cccc2ccccc12)N1CCCC1. The summed E-state index contributed by atoms with van der Waals surface area (Å²) in [5.74, 6) is -1.03. The summed E-state index contributed by atoms with van der Waals surface area (Å²) in [7, 11) is 1.49. The van der Waals surface area contributed by atoms with Gasteiger partial charge in [-0.15, -0.1) is 0 Å². The molecule has 166 valence electrons. The number of methoxy groups -OCH3 is 1. The number of carbonyl (C=O) groups excluding carboxylic acids is 2. The van der Waals surface area contributed by atoms with E-state index in [1.807, 2.05) is 18.2 Å². The zero-order valence-electron chi connectivity index (χ0n) is 17.9.